The Labute approximate surface area is 112 Å². The molecular weight excluding hydrogens is 248 g/mol. The summed E-state index contributed by atoms with van der Waals surface area (Å²) >= 11 is 0. The van der Waals surface area contributed by atoms with Crippen LogP contribution in [0.2, 0.25) is 0 Å². The van der Waals surface area contributed by atoms with E-state index in [1.54, 1.807) is 7.11 Å². The van der Waals surface area contributed by atoms with Crippen LogP contribution in [-0.4, -0.2) is 34.9 Å². The van der Waals surface area contributed by atoms with Crippen LogP contribution < -0.4 is 0 Å². The topological polar surface area (TPSA) is 85.5 Å². The highest BCUT2D eigenvalue weighted by Crippen LogP contribution is 2.42. The van der Waals surface area contributed by atoms with Crippen LogP contribution in [0.15, 0.2) is 4.52 Å². The molecule has 106 valence electrons. The van der Waals surface area contributed by atoms with E-state index in [2.05, 4.69) is 17.1 Å². The average Bonchev–Trinajstić information content (AvgIpc) is 2.96. The molecule has 0 aliphatic heterocycles. The maximum atomic E-state index is 11.2. The number of aliphatic carboxylic acids is 1. The van der Waals surface area contributed by atoms with E-state index in [0.29, 0.717) is 37.1 Å². The molecule has 0 radical (unpaired) electrons. The average molecular weight is 268 g/mol. The Morgan fingerprint density at radius 1 is 1.53 bits per heavy atom. The second-order valence-corrected chi connectivity index (χ2v) is 5.27. The fourth-order valence-corrected chi connectivity index (χ4v) is 2.73. The zero-order valence-electron chi connectivity index (χ0n) is 11.3. The molecule has 0 saturated heterocycles. The molecule has 0 aromatic carbocycles. The number of methoxy groups -OCH3 is 1. The Bertz CT molecular complexity index is 432. The fraction of sp³-hybridized carbons (Fsp3) is 0.769. The van der Waals surface area contributed by atoms with Crippen LogP contribution in [0.3, 0.4) is 0 Å². The zero-order chi connectivity index (χ0) is 13.8. The van der Waals surface area contributed by atoms with E-state index >= 15 is 0 Å². The number of aromatic nitrogens is 2. The normalized spacial score (nSPS) is 26.7. The van der Waals surface area contributed by atoms with E-state index < -0.39 is 11.9 Å². The van der Waals surface area contributed by atoms with Gasteiger partial charge in [-0.3, -0.25) is 4.79 Å². The molecule has 1 fully saturated rings. The molecule has 3 unspecified atom stereocenters. The van der Waals surface area contributed by atoms with Crippen LogP contribution in [0.5, 0.6) is 0 Å². The van der Waals surface area contributed by atoms with Crippen molar-refractivity contribution < 1.29 is 19.2 Å². The molecule has 1 N–H and O–H groups in total. The van der Waals surface area contributed by atoms with Crippen molar-refractivity contribution in [3.8, 4) is 0 Å². The minimum absolute atomic E-state index is 0.142. The van der Waals surface area contributed by atoms with Crippen molar-refractivity contribution >= 4 is 5.97 Å². The fourth-order valence-electron chi connectivity index (χ4n) is 2.73. The maximum Gasteiger partial charge on any atom is 0.307 e. The van der Waals surface area contributed by atoms with Gasteiger partial charge in [0.15, 0.2) is 5.82 Å². The van der Waals surface area contributed by atoms with E-state index in [1.807, 2.05) is 0 Å². The summed E-state index contributed by atoms with van der Waals surface area (Å²) < 4.78 is 10.2. The summed E-state index contributed by atoms with van der Waals surface area (Å²) in [6.07, 6.45) is 3.01. The molecule has 1 saturated carbocycles. The number of ether oxygens (including phenoxy) is 1. The van der Waals surface area contributed by atoms with Crippen molar-refractivity contribution in [1.82, 2.24) is 10.1 Å². The van der Waals surface area contributed by atoms with Gasteiger partial charge in [0.05, 0.1) is 11.8 Å². The molecule has 1 aliphatic rings. The second-order valence-electron chi connectivity index (χ2n) is 5.27. The summed E-state index contributed by atoms with van der Waals surface area (Å²) in [5, 5.41) is 13.2. The predicted molar refractivity (Wildman–Crippen MR) is 66.8 cm³/mol. The molecule has 1 aromatic heterocycles. The van der Waals surface area contributed by atoms with Gasteiger partial charge in [0.1, 0.15) is 0 Å². The SMILES string of the molecule is COCCCc1noc(C2CC(C)CC2C(=O)O)n1. The number of hydrogen-bond acceptors (Lipinski definition) is 5. The van der Waals surface area contributed by atoms with Crippen LogP contribution in [0, 0.1) is 11.8 Å². The van der Waals surface area contributed by atoms with Crippen LogP contribution >= 0.6 is 0 Å². The minimum Gasteiger partial charge on any atom is -0.481 e. The lowest BCUT2D eigenvalue weighted by Crippen LogP contribution is -2.17. The van der Waals surface area contributed by atoms with Gasteiger partial charge in [0.25, 0.3) is 0 Å². The van der Waals surface area contributed by atoms with Crippen molar-refractivity contribution in [3.05, 3.63) is 11.7 Å². The van der Waals surface area contributed by atoms with Crippen LogP contribution in [0.1, 0.15) is 43.8 Å². The number of carboxylic acid groups (broad SMARTS) is 1. The largest absolute Gasteiger partial charge is 0.481 e. The number of nitrogens with zero attached hydrogens (tertiary/aromatic N) is 2. The number of carbonyl (C=O) groups is 1. The molecule has 3 atom stereocenters. The van der Waals surface area contributed by atoms with Gasteiger partial charge >= 0.3 is 5.97 Å². The third-order valence-corrected chi connectivity index (χ3v) is 3.67. The van der Waals surface area contributed by atoms with Gasteiger partial charge in [-0.05, 0) is 25.2 Å². The smallest absolute Gasteiger partial charge is 0.307 e. The molecule has 0 bridgehead atoms. The van der Waals surface area contributed by atoms with E-state index in [-0.39, 0.29) is 5.92 Å². The first-order valence-corrected chi connectivity index (χ1v) is 6.66. The number of aryl methyl sites for hydroxylation is 1. The molecule has 0 amide bonds. The van der Waals surface area contributed by atoms with Gasteiger partial charge in [0, 0.05) is 20.1 Å². The highest BCUT2D eigenvalue weighted by Gasteiger charge is 2.40. The Morgan fingerprint density at radius 3 is 3.00 bits per heavy atom. The lowest BCUT2D eigenvalue weighted by molar-refractivity contribution is -0.142. The Balaban J connectivity index is 2.02. The Hall–Kier alpha value is -1.43. The van der Waals surface area contributed by atoms with Gasteiger partial charge in [0.2, 0.25) is 5.89 Å². The van der Waals surface area contributed by atoms with Crippen LogP contribution in [0.25, 0.3) is 0 Å². The van der Waals surface area contributed by atoms with Crippen LogP contribution in [-0.2, 0) is 16.0 Å². The van der Waals surface area contributed by atoms with Gasteiger partial charge in [-0.2, -0.15) is 4.98 Å². The lowest BCUT2D eigenvalue weighted by Gasteiger charge is -2.09. The molecule has 1 aliphatic carbocycles. The van der Waals surface area contributed by atoms with Gasteiger partial charge in [-0.25, -0.2) is 0 Å². The molecule has 6 heteroatoms. The highest BCUT2D eigenvalue weighted by atomic mass is 16.5. The van der Waals surface area contributed by atoms with Crippen LogP contribution in [0.4, 0.5) is 0 Å². The van der Waals surface area contributed by atoms with Gasteiger partial charge in [-0.15, -0.1) is 0 Å². The van der Waals surface area contributed by atoms with Crippen molar-refractivity contribution in [2.45, 2.75) is 38.5 Å². The summed E-state index contributed by atoms with van der Waals surface area (Å²) in [5.74, 6) is 0.182. The third kappa shape index (κ3) is 3.32. The second kappa shape index (κ2) is 6.14. The first-order chi connectivity index (χ1) is 9.11. The summed E-state index contributed by atoms with van der Waals surface area (Å²) in [4.78, 5) is 15.6. The summed E-state index contributed by atoms with van der Waals surface area (Å²) in [7, 11) is 1.65. The zero-order valence-corrected chi connectivity index (χ0v) is 11.3. The minimum atomic E-state index is -0.770. The molecule has 1 aromatic rings. The number of rotatable bonds is 6. The number of hydrogen-bond donors (Lipinski definition) is 1. The summed E-state index contributed by atoms with van der Waals surface area (Å²) in [6, 6.07) is 0. The Morgan fingerprint density at radius 2 is 2.32 bits per heavy atom. The molecule has 2 rings (SSSR count). The lowest BCUT2D eigenvalue weighted by atomic mass is 9.96. The highest BCUT2D eigenvalue weighted by molar-refractivity contribution is 5.71. The van der Waals surface area contributed by atoms with Crippen molar-refractivity contribution in [1.29, 1.82) is 0 Å². The van der Waals surface area contributed by atoms with Gasteiger partial charge in [-0.1, -0.05) is 12.1 Å². The first kappa shape index (κ1) is 14.0. The number of carboxylic acids is 1. The predicted octanol–water partition coefficient (Wildman–Crippen LogP) is 1.86. The quantitative estimate of drug-likeness (QED) is 0.793. The van der Waals surface area contributed by atoms with E-state index in [9.17, 15) is 9.90 Å². The maximum absolute atomic E-state index is 11.2. The Kier molecular flexibility index (Phi) is 4.52. The molecule has 1 heterocycles. The standard InChI is InChI=1S/C13H20N2O4/c1-8-6-9(10(7-8)13(16)17)12-14-11(15-19-12)4-3-5-18-2/h8-10H,3-7H2,1-2H3,(H,16,17). The summed E-state index contributed by atoms with van der Waals surface area (Å²) in [5.41, 5.74) is 0. The van der Waals surface area contributed by atoms with Crippen molar-refractivity contribution in [2.24, 2.45) is 11.8 Å². The molecule has 0 spiro atoms. The van der Waals surface area contributed by atoms with E-state index in [4.69, 9.17) is 9.26 Å². The molecule has 19 heavy (non-hydrogen) atoms. The van der Waals surface area contributed by atoms with Gasteiger partial charge < -0.3 is 14.4 Å². The third-order valence-electron chi connectivity index (χ3n) is 3.67. The molecule has 6 nitrogen and oxygen atoms in total. The van der Waals surface area contributed by atoms with E-state index in [1.165, 1.54) is 0 Å². The van der Waals surface area contributed by atoms with Crippen molar-refractivity contribution in [2.75, 3.05) is 13.7 Å². The summed E-state index contributed by atoms with van der Waals surface area (Å²) in [6.45, 7) is 2.72. The molecular formula is C13H20N2O4. The van der Waals surface area contributed by atoms with Crippen molar-refractivity contribution in [3.63, 3.8) is 0 Å². The first-order valence-electron chi connectivity index (χ1n) is 6.66. The van der Waals surface area contributed by atoms with E-state index in [0.717, 1.165) is 12.8 Å². The monoisotopic (exact) mass is 268 g/mol.